The summed E-state index contributed by atoms with van der Waals surface area (Å²) in [5.74, 6) is 0. The fourth-order valence-electron chi connectivity index (χ4n) is 1.16. The third kappa shape index (κ3) is 5.94. The standard InChI is InChI=1S/C13H28N4/c1-10(14)12(3,4)16-8-7-9-17-13(5,6)11(2)15/h14-17H,7-9H2,1-6H3. The van der Waals surface area contributed by atoms with Crippen LogP contribution in [0.2, 0.25) is 0 Å². The molecule has 0 aromatic carbocycles. The van der Waals surface area contributed by atoms with Gasteiger partial charge in [0.1, 0.15) is 0 Å². The number of nitrogens with one attached hydrogen (secondary N) is 4. The topological polar surface area (TPSA) is 71.8 Å². The van der Waals surface area contributed by atoms with Crippen molar-refractivity contribution in [3.63, 3.8) is 0 Å². The Hall–Kier alpha value is -0.740. The van der Waals surface area contributed by atoms with Crippen molar-refractivity contribution in [2.45, 2.75) is 59.0 Å². The highest BCUT2D eigenvalue weighted by Crippen LogP contribution is 2.05. The number of hydrogen-bond donors (Lipinski definition) is 4. The molecule has 0 amide bonds. The molecule has 0 radical (unpaired) electrons. The van der Waals surface area contributed by atoms with Crippen molar-refractivity contribution in [3.8, 4) is 0 Å². The molecule has 0 saturated heterocycles. The number of rotatable bonds is 8. The first-order valence-electron chi connectivity index (χ1n) is 6.21. The Bertz CT molecular complexity index is 251. The van der Waals surface area contributed by atoms with E-state index in [1.165, 1.54) is 0 Å². The summed E-state index contributed by atoms with van der Waals surface area (Å²) in [6.07, 6.45) is 0.993. The Morgan fingerprint density at radius 3 is 1.35 bits per heavy atom. The van der Waals surface area contributed by atoms with Crippen LogP contribution in [0, 0.1) is 10.8 Å². The predicted octanol–water partition coefficient (Wildman–Crippen LogP) is 2.19. The maximum absolute atomic E-state index is 7.63. The highest BCUT2D eigenvalue weighted by Gasteiger charge is 2.20. The highest BCUT2D eigenvalue weighted by molar-refractivity contribution is 5.88. The molecule has 0 rings (SSSR count). The molecule has 0 spiro atoms. The molecule has 0 aromatic rings. The minimum absolute atomic E-state index is 0.215. The van der Waals surface area contributed by atoms with Gasteiger partial charge in [0.2, 0.25) is 0 Å². The van der Waals surface area contributed by atoms with Crippen LogP contribution >= 0.6 is 0 Å². The molecule has 17 heavy (non-hydrogen) atoms. The minimum atomic E-state index is -0.215. The van der Waals surface area contributed by atoms with Gasteiger partial charge in [-0.1, -0.05) is 0 Å². The first kappa shape index (κ1) is 16.3. The van der Waals surface area contributed by atoms with Gasteiger partial charge < -0.3 is 21.5 Å². The molecule has 0 aliphatic carbocycles. The molecule has 4 nitrogen and oxygen atoms in total. The van der Waals surface area contributed by atoms with Crippen molar-refractivity contribution < 1.29 is 0 Å². The fourth-order valence-corrected chi connectivity index (χ4v) is 1.16. The largest absolute Gasteiger partial charge is 0.308 e. The summed E-state index contributed by atoms with van der Waals surface area (Å²) >= 11 is 0. The van der Waals surface area contributed by atoms with Gasteiger partial charge in [0.15, 0.2) is 0 Å². The number of hydrogen-bond acceptors (Lipinski definition) is 4. The van der Waals surface area contributed by atoms with Gasteiger partial charge in [-0.3, -0.25) is 0 Å². The Morgan fingerprint density at radius 2 is 1.12 bits per heavy atom. The van der Waals surface area contributed by atoms with Crippen LogP contribution in [0.5, 0.6) is 0 Å². The zero-order valence-electron chi connectivity index (χ0n) is 12.1. The summed E-state index contributed by atoms with van der Waals surface area (Å²) in [5, 5.41) is 22.0. The van der Waals surface area contributed by atoms with Crippen LogP contribution in [-0.4, -0.2) is 35.6 Å². The second-order valence-corrected chi connectivity index (χ2v) is 5.71. The monoisotopic (exact) mass is 240 g/mol. The summed E-state index contributed by atoms with van der Waals surface area (Å²) in [6.45, 7) is 13.5. The smallest absolute Gasteiger partial charge is 0.0501 e. The molecule has 0 atom stereocenters. The summed E-state index contributed by atoms with van der Waals surface area (Å²) in [7, 11) is 0. The van der Waals surface area contributed by atoms with Gasteiger partial charge in [-0.15, -0.1) is 0 Å². The van der Waals surface area contributed by atoms with E-state index in [2.05, 4.69) is 10.6 Å². The maximum Gasteiger partial charge on any atom is 0.0501 e. The van der Waals surface area contributed by atoms with Gasteiger partial charge >= 0.3 is 0 Å². The zero-order chi connectivity index (χ0) is 13.7. The Balaban J connectivity index is 3.81. The van der Waals surface area contributed by atoms with Gasteiger partial charge in [-0.25, -0.2) is 0 Å². The van der Waals surface area contributed by atoms with E-state index in [1.54, 1.807) is 0 Å². The Morgan fingerprint density at radius 1 is 0.824 bits per heavy atom. The molecule has 0 bridgehead atoms. The summed E-state index contributed by atoms with van der Waals surface area (Å²) in [4.78, 5) is 0. The lowest BCUT2D eigenvalue weighted by atomic mass is 9.99. The highest BCUT2D eigenvalue weighted by atomic mass is 15.0. The van der Waals surface area contributed by atoms with E-state index in [9.17, 15) is 0 Å². The minimum Gasteiger partial charge on any atom is -0.308 e. The second kappa shape index (κ2) is 6.26. The van der Waals surface area contributed by atoms with Gasteiger partial charge in [0, 0.05) is 11.4 Å². The van der Waals surface area contributed by atoms with Crippen LogP contribution in [0.25, 0.3) is 0 Å². The fraction of sp³-hybridized carbons (Fsp3) is 0.846. The first-order chi connectivity index (χ1) is 7.59. The SMILES string of the molecule is CC(=N)C(C)(C)NCCCNC(C)(C)C(C)=N. The molecule has 0 unspecified atom stereocenters. The molecule has 0 aromatic heterocycles. The second-order valence-electron chi connectivity index (χ2n) is 5.71. The molecule has 0 fully saturated rings. The molecule has 0 saturated carbocycles. The van der Waals surface area contributed by atoms with Crippen molar-refractivity contribution in [1.82, 2.24) is 10.6 Å². The average molecular weight is 240 g/mol. The molecule has 0 aliphatic rings. The third-order valence-electron chi connectivity index (χ3n) is 3.36. The van der Waals surface area contributed by atoms with E-state index in [4.69, 9.17) is 10.8 Å². The summed E-state index contributed by atoms with van der Waals surface area (Å²) < 4.78 is 0. The van der Waals surface area contributed by atoms with Crippen LogP contribution in [0.15, 0.2) is 0 Å². The molecule has 0 aliphatic heterocycles. The van der Waals surface area contributed by atoms with E-state index < -0.39 is 0 Å². The molecular weight excluding hydrogens is 212 g/mol. The van der Waals surface area contributed by atoms with Crippen LogP contribution in [0.3, 0.4) is 0 Å². The lowest BCUT2D eigenvalue weighted by Crippen LogP contribution is -2.48. The van der Waals surface area contributed by atoms with Crippen LogP contribution in [0.4, 0.5) is 0 Å². The van der Waals surface area contributed by atoms with E-state index in [-0.39, 0.29) is 11.1 Å². The van der Waals surface area contributed by atoms with Crippen molar-refractivity contribution in [2.75, 3.05) is 13.1 Å². The molecular formula is C13H28N4. The first-order valence-corrected chi connectivity index (χ1v) is 6.21. The van der Waals surface area contributed by atoms with Crippen LogP contribution < -0.4 is 10.6 Å². The third-order valence-corrected chi connectivity index (χ3v) is 3.36. The van der Waals surface area contributed by atoms with Gasteiger partial charge in [-0.2, -0.15) is 0 Å². The molecule has 4 heteroatoms. The van der Waals surface area contributed by atoms with E-state index in [0.717, 1.165) is 19.5 Å². The van der Waals surface area contributed by atoms with Crippen LogP contribution in [-0.2, 0) is 0 Å². The maximum atomic E-state index is 7.63. The Kier molecular flexibility index (Phi) is 5.99. The lowest BCUT2D eigenvalue weighted by molar-refractivity contribution is 0.453. The molecule has 0 heterocycles. The van der Waals surface area contributed by atoms with Crippen molar-refractivity contribution in [2.24, 2.45) is 0 Å². The summed E-state index contributed by atoms with van der Waals surface area (Å²) in [6, 6.07) is 0. The molecule has 4 N–H and O–H groups in total. The van der Waals surface area contributed by atoms with Gasteiger partial charge in [-0.05, 0) is 61.1 Å². The predicted molar refractivity (Wildman–Crippen MR) is 75.6 cm³/mol. The lowest BCUT2D eigenvalue weighted by Gasteiger charge is -2.27. The zero-order valence-corrected chi connectivity index (χ0v) is 12.1. The van der Waals surface area contributed by atoms with E-state index in [1.807, 2.05) is 41.5 Å². The Labute approximate surface area is 106 Å². The van der Waals surface area contributed by atoms with Crippen molar-refractivity contribution in [3.05, 3.63) is 0 Å². The van der Waals surface area contributed by atoms with Crippen molar-refractivity contribution >= 4 is 11.4 Å². The van der Waals surface area contributed by atoms with Crippen molar-refractivity contribution in [1.29, 1.82) is 10.8 Å². The molecule has 100 valence electrons. The van der Waals surface area contributed by atoms with E-state index >= 15 is 0 Å². The van der Waals surface area contributed by atoms with Gasteiger partial charge in [0.25, 0.3) is 0 Å². The van der Waals surface area contributed by atoms with Gasteiger partial charge in [0.05, 0.1) is 11.1 Å². The van der Waals surface area contributed by atoms with E-state index in [0.29, 0.717) is 11.4 Å². The average Bonchev–Trinajstić information content (AvgIpc) is 2.16. The van der Waals surface area contributed by atoms with Crippen LogP contribution in [0.1, 0.15) is 48.0 Å². The normalized spacial score (nSPS) is 12.6. The summed E-state index contributed by atoms with van der Waals surface area (Å²) in [5.41, 5.74) is 0.877. The quantitative estimate of drug-likeness (QED) is 0.388.